The maximum Gasteiger partial charge on any atom is 0.410 e. The van der Waals surface area contributed by atoms with Crippen molar-refractivity contribution in [3.63, 3.8) is 0 Å². The minimum Gasteiger partial charge on any atom is -0.468 e. The van der Waals surface area contributed by atoms with Gasteiger partial charge in [-0.15, -0.1) is 5.54 Å². The Hall–Kier alpha value is -4.84. The lowest BCUT2D eigenvalue weighted by atomic mass is 9.92. The van der Waals surface area contributed by atoms with Crippen LogP contribution in [0.2, 0.25) is 16.6 Å². The number of piperazine rings is 1. The van der Waals surface area contributed by atoms with E-state index < -0.39 is 25.3 Å². The Labute approximate surface area is 383 Å². The van der Waals surface area contributed by atoms with E-state index in [0.29, 0.717) is 81.6 Å². The molecule has 9 rings (SSSR count). The molecule has 3 unspecified atom stereocenters. The van der Waals surface area contributed by atoms with Crippen molar-refractivity contribution in [2.24, 2.45) is 5.92 Å². The molecule has 2 bridgehead atoms. The number of halogens is 2. The van der Waals surface area contributed by atoms with Crippen molar-refractivity contribution in [1.82, 2.24) is 24.8 Å². The van der Waals surface area contributed by atoms with Gasteiger partial charge in [-0.05, 0) is 99.0 Å². The van der Waals surface area contributed by atoms with Crippen molar-refractivity contribution in [2.45, 2.75) is 140 Å². The molecule has 5 atom stereocenters. The fourth-order valence-corrected chi connectivity index (χ4v) is 17.3. The van der Waals surface area contributed by atoms with E-state index in [9.17, 15) is 4.79 Å². The molecule has 14 heteroatoms. The van der Waals surface area contributed by atoms with E-state index in [1.165, 1.54) is 25.2 Å². The first-order valence-electron chi connectivity index (χ1n) is 23.4. The van der Waals surface area contributed by atoms with Crippen LogP contribution in [-0.2, 0) is 9.47 Å². The van der Waals surface area contributed by atoms with Crippen LogP contribution in [0.4, 0.5) is 19.4 Å². The highest BCUT2D eigenvalue weighted by atomic mass is 28.3. The van der Waals surface area contributed by atoms with Crippen molar-refractivity contribution in [3.8, 4) is 34.5 Å². The van der Waals surface area contributed by atoms with Gasteiger partial charge in [-0.2, -0.15) is 9.97 Å². The Bertz CT molecular complexity index is 2590. The van der Waals surface area contributed by atoms with Crippen LogP contribution in [0.15, 0.2) is 42.6 Å². The number of nitrogens with zero attached hydrogens (tertiary/aromatic N) is 6. The summed E-state index contributed by atoms with van der Waals surface area (Å²) in [6.45, 7) is 25.3. The van der Waals surface area contributed by atoms with Gasteiger partial charge in [-0.1, -0.05) is 65.7 Å². The first kappa shape index (κ1) is 45.3. The summed E-state index contributed by atoms with van der Waals surface area (Å²) in [4.78, 5) is 34.7. The summed E-state index contributed by atoms with van der Waals surface area (Å²) in [5, 5.41) is 1.46. The van der Waals surface area contributed by atoms with Gasteiger partial charge in [0.1, 0.15) is 48.9 Å². The molecule has 0 N–H and O–H groups in total. The summed E-state index contributed by atoms with van der Waals surface area (Å²) in [6, 6.07) is 6.91. The van der Waals surface area contributed by atoms with Crippen LogP contribution < -0.4 is 14.4 Å². The van der Waals surface area contributed by atoms with Crippen LogP contribution in [0.3, 0.4) is 0 Å². The van der Waals surface area contributed by atoms with Crippen LogP contribution >= 0.6 is 0 Å². The Morgan fingerprint density at radius 3 is 2.38 bits per heavy atom. The second-order valence-corrected chi connectivity index (χ2v) is 26.8. The fourth-order valence-electron chi connectivity index (χ4n) is 12.1. The molecule has 11 nitrogen and oxygen atoms in total. The number of hydrogen-bond acceptors (Lipinski definition) is 10. The molecule has 4 aromatic rings. The summed E-state index contributed by atoms with van der Waals surface area (Å²) in [5.74, 6) is 3.70. The van der Waals surface area contributed by atoms with Crippen molar-refractivity contribution < 1.29 is 32.5 Å². The highest BCUT2D eigenvalue weighted by Crippen LogP contribution is 2.57. The number of piperidine rings is 1. The van der Waals surface area contributed by atoms with E-state index in [1.807, 2.05) is 25.7 Å². The third-order valence-corrected chi connectivity index (χ3v) is 21.2. The molecule has 4 saturated heterocycles. The largest absolute Gasteiger partial charge is 0.468 e. The van der Waals surface area contributed by atoms with Crippen LogP contribution in [-0.4, -0.2) is 108 Å². The lowest BCUT2D eigenvalue weighted by Crippen LogP contribution is -2.57. The molecular weight excluding hydrogens is 843 g/mol. The van der Waals surface area contributed by atoms with E-state index in [-0.39, 0.29) is 53.3 Å². The van der Waals surface area contributed by atoms with Gasteiger partial charge < -0.3 is 23.8 Å². The van der Waals surface area contributed by atoms with Crippen LogP contribution in [0, 0.1) is 29.0 Å². The number of rotatable bonds is 11. The molecule has 0 spiro atoms. The zero-order valence-electron chi connectivity index (χ0n) is 39.7. The van der Waals surface area contributed by atoms with Gasteiger partial charge in [0.05, 0.1) is 28.6 Å². The summed E-state index contributed by atoms with van der Waals surface area (Å²) < 4.78 is 58.1. The van der Waals surface area contributed by atoms with E-state index in [1.54, 1.807) is 24.4 Å². The van der Waals surface area contributed by atoms with Gasteiger partial charge in [0, 0.05) is 49.9 Å². The third kappa shape index (κ3) is 8.03. The molecule has 2 aromatic carbocycles. The monoisotopic (exact) mass is 906 g/mol. The molecule has 0 radical (unpaired) electrons. The number of pyridine rings is 1. The van der Waals surface area contributed by atoms with Gasteiger partial charge in [0.15, 0.2) is 12.6 Å². The number of ether oxygens (including phenoxy) is 4. The second kappa shape index (κ2) is 16.8. The number of fused-ring (bicyclic) bond motifs is 7. The summed E-state index contributed by atoms with van der Waals surface area (Å²) in [7, 11) is -0.785. The second-order valence-electron chi connectivity index (χ2n) is 21.2. The summed E-state index contributed by atoms with van der Waals surface area (Å²) in [6.07, 6.45) is 5.94. The Morgan fingerprint density at radius 1 is 1.02 bits per heavy atom. The Kier molecular flexibility index (Phi) is 11.7. The smallest absolute Gasteiger partial charge is 0.410 e. The van der Waals surface area contributed by atoms with Crippen molar-refractivity contribution in [3.05, 3.63) is 59.8 Å². The van der Waals surface area contributed by atoms with E-state index >= 15 is 8.78 Å². The molecule has 1 saturated carbocycles. The number of carbonyl (C=O) groups is 1. The molecule has 4 aliphatic heterocycles. The van der Waals surface area contributed by atoms with Crippen molar-refractivity contribution >= 4 is 41.7 Å². The Morgan fingerprint density at radius 2 is 1.72 bits per heavy atom. The SMILES string of the molecule is C=C1CN2[C@H]3C[C@H]3CC2(COc2nc(N3CC4CCC(C3)N4C(=O)OC(C)(C)C)c3cnc(-c4cc(OCOC)cc5ccc(F)c(C#C[Si](C(C)C)(C(C)C)C(C)C)c45)c(F)c3n2)C1. The average molecular weight is 907 g/mol. The first-order chi connectivity index (χ1) is 30.8. The lowest BCUT2D eigenvalue weighted by molar-refractivity contribution is 0.0122. The molecule has 346 valence electrons. The average Bonchev–Trinajstić information content (AvgIpc) is 3.70. The molecule has 1 aliphatic carbocycles. The topological polar surface area (TPSA) is 102 Å². The predicted octanol–water partition coefficient (Wildman–Crippen LogP) is 10.4. The number of amides is 1. The van der Waals surface area contributed by atoms with E-state index in [4.69, 9.17) is 33.9 Å². The molecule has 1 amide bonds. The van der Waals surface area contributed by atoms with Crippen LogP contribution in [0.1, 0.15) is 100.0 Å². The molecule has 5 aliphatic rings. The summed E-state index contributed by atoms with van der Waals surface area (Å²) in [5.41, 5.74) is 5.51. The molecule has 2 aromatic heterocycles. The maximum atomic E-state index is 18.0. The van der Waals surface area contributed by atoms with Crippen molar-refractivity contribution in [1.29, 1.82) is 0 Å². The zero-order valence-corrected chi connectivity index (χ0v) is 40.7. The highest BCUT2D eigenvalue weighted by molar-refractivity contribution is 6.90. The predicted molar refractivity (Wildman–Crippen MR) is 253 cm³/mol. The van der Waals surface area contributed by atoms with E-state index in [0.717, 1.165) is 32.2 Å². The number of hydrogen-bond donors (Lipinski definition) is 0. The van der Waals surface area contributed by atoms with Gasteiger partial charge in [-0.3, -0.25) is 14.8 Å². The van der Waals surface area contributed by atoms with Crippen molar-refractivity contribution in [2.75, 3.05) is 45.0 Å². The number of anilines is 1. The third-order valence-electron chi connectivity index (χ3n) is 14.9. The maximum absolute atomic E-state index is 18.0. The molecule has 6 heterocycles. The fraction of sp³-hybridized carbons (Fsp3) is 0.569. The standard InChI is InChI=1S/C51H64F2N6O5Si/c1-29(2)65(30(3)4,31(5)6)17-16-38-41(52)15-12-33-18-37(63-28-61-11)20-39(43(33)38)45-44(53)46-40(23-54-45)47(57-25-35-13-14-36(26-57)59(35)49(60)64-50(8,9)10)56-48(55-46)62-27-51-21-32(7)24-58(51)42-19-34(42)22-51/h12,15,18,20,23,29-31,34-36,42H,7,13-14,19,21-22,24-28H2,1-6,8-11H3/t34-,35?,36?,42-,51?/m0/s1. The van der Waals surface area contributed by atoms with Crippen LogP contribution in [0.5, 0.6) is 11.8 Å². The Balaban J connectivity index is 1.19. The first-order valence-corrected chi connectivity index (χ1v) is 25.7. The highest BCUT2D eigenvalue weighted by Gasteiger charge is 2.62. The number of aromatic nitrogens is 3. The van der Waals surface area contributed by atoms with E-state index in [2.05, 4.69) is 69.4 Å². The molecular formula is C51H64F2N6O5Si. The van der Waals surface area contributed by atoms with Gasteiger partial charge >= 0.3 is 12.1 Å². The number of benzene rings is 2. The lowest BCUT2D eigenvalue weighted by Gasteiger charge is -2.42. The van der Waals surface area contributed by atoms with Crippen LogP contribution in [0.25, 0.3) is 32.9 Å². The number of carbonyl (C=O) groups excluding carboxylic acids is 1. The van der Waals surface area contributed by atoms with Gasteiger partial charge in [-0.25, -0.2) is 13.6 Å². The normalized spacial score (nSPS) is 24.0. The zero-order chi connectivity index (χ0) is 46.3. The molecule has 5 fully saturated rings. The van der Waals surface area contributed by atoms with Gasteiger partial charge in [0.25, 0.3) is 0 Å². The minimum atomic E-state index is -2.31. The number of methoxy groups -OCH3 is 1. The van der Waals surface area contributed by atoms with Gasteiger partial charge in [0.2, 0.25) is 0 Å². The quantitative estimate of drug-likeness (QED) is 0.0626. The molecule has 65 heavy (non-hydrogen) atoms. The minimum absolute atomic E-state index is 0.0302. The summed E-state index contributed by atoms with van der Waals surface area (Å²) >= 11 is 0.